The minimum atomic E-state index is -1.22. The number of urea groups is 1. The summed E-state index contributed by atoms with van der Waals surface area (Å²) in [6, 6.07) is 2.81. The second-order valence-electron chi connectivity index (χ2n) is 5.63. The van der Waals surface area contributed by atoms with E-state index in [0.29, 0.717) is 18.0 Å². The summed E-state index contributed by atoms with van der Waals surface area (Å²) in [5, 5.41) is 6.51. The molecule has 1 fully saturated rings. The highest BCUT2D eigenvalue weighted by Crippen LogP contribution is 2.29. The van der Waals surface area contributed by atoms with Crippen LogP contribution in [0.4, 0.5) is 4.79 Å². The van der Waals surface area contributed by atoms with E-state index in [1.807, 2.05) is 0 Å². The Labute approximate surface area is 132 Å². The number of amides is 3. The lowest BCUT2D eigenvalue weighted by atomic mass is 9.99. The van der Waals surface area contributed by atoms with Gasteiger partial charge in [-0.1, -0.05) is 18.5 Å². The molecule has 8 heteroatoms. The molecule has 3 heterocycles. The molecule has 0 saturated carbocycles. The third kappa shape index (κ3) is 2.71. The highest BCUT2D eigenvalue weighted by molar-refractivity contribution is 6.06. The van der Waals surface area contributed by atoms with E-state index in [-0.39, 0.29) is 12.4 Å². The molecule has 3 rings (SSSR count). The summed E-state index contributed by atoms with van der Waals surface area (Å²) in [6.07, 6.45) is 4.15. The fraction of sp³-hybridized carbons (Fsp3) is 0.467. The van der Waals surface area contributed by atoms with Crippen LogP contribution < -0.4 is 5.32 Å². The monoisotopic (exact) mass is 318 g/mol. The van der Waals surface area contributed by atoms with Gasteiger partial charge >= 0.3 is 6.03 Å². The van der Waals surface area contributed by atoms with Crippen LogP contribution in [0, 0.1) is 0 Å². The van der Waals surface area contributed by atoms with E-state index in [4.69, 9.17) is 8.94 Å². The Balaban J connectivity index is 1.75. The standard InChI is InChI=1S/C15H18N4O4/c1-3-4-7-11-16-12(23-18-11)9-19-13(20)15(2,17-14(19)21)10-6-5-8-22-10/h5-6,8H,3-4,7,9H2,1-2H3,(H,17,21)/t15-/m0/s1. The van der Waals surface area contributed by atoms with Crippen molar-refractivity contribution >= 4 is 11.9 Å². The van der Waals surface area contributed by atoms with Crippen LogP contribution in [-0.2, 0) is 23.3 Å². The molecule has 0 spiro atoms. The fourth-order valence-corrected chi connectivity index (χ4v) is 2.50. The molecule has 0 aromatic carbocycles. The molecule has 0 unspecified atom stereocenters. The van der Waals surface area contributed by atoms with Gasteiger partial charge in [0.1, 0.15) is 12.3 Å². The van der Waals surface area contributed by atoms with E-state index < -0.39 is 17.5 Å². The number of hydrogen-bond acceptors (Lipinski definition) is 6. The van der Waals surface area contributed by atoms with E-state index >= 15 is 0 Å². The van der Waals surface area contributed by atoms with Crippen molar-refractivity contribution in [3.8, 4) is 0 Å². The smallest absolute Gasteiger partial charge is 0.325 e. The minimum absolute atomic E-state index is 0.0555. The van der Waals surface area contributed by atoms with Crippen molar-refractivity contribution in [1.29, 1.82) is 0 Å². The number of unbranched alkanes of at least 4 members (excludes halogenated alkanes) is 1. The number of imide groups is 1. The summed E-state index contributed by atoms with van der Waals surface area (Å²) in [5.74, 6) is 0.796. The van der Waals surface area contributed by atoms with Crippen molar-refractivity contribution in [2.75, 3.05) is 0 Å². The summed E-state index contributed by atoms with van der Waals surface area (Å²) >= 11 is 0. The van der Waals surface area contributed by atoms with Gasteiger partial charge in [-0.25, -0.2) is 4.79 Å². The van der Waals surface area contributed by atoms with Crippen LogP contribution >= 0.6 is 0 Å². The highest BCUT2D eigenvalue weighted by Gasteiger charge is 2.51. The summed E-state index contributed by atoms with van der Waals surface area (Å²) in [7, 11) is 0. The normalized spacial score (nSPS) is 21.0. The highest BCUT2D eigenvalue weighted by atomic mass is 16.5. The van der Waals surface area contributed by atoms with Gasteiger partial charge < -0.3 is 14.3 Å². The quantitative estimate of drug-likeness (QED) is 0.817. The SMILES string of the molecule is CCCCc1noc(CN2C(=O)N[C@@](C)(c3ccco3)C2=O)n1. The van der Waals surface area contributed by atoms with Crippen LogP contribution in [-0.4, -0.2) is 27.0 Å². The lowest BCUT2D eigenvalue weighted by Crippen LogP contribution is -2.40. The molecule has 0 radical (unpaired) electrons. The van der Waals surface area contributed by atoms with Crippen LogP contribution in [0.1, 0.15) is 44.2 Å². The van der Waals surface area contributed by atoms with Gasteiger partial charge in [0.15, 0.2) is 11.4 Å². The number of furan rings is 1. The van der Waals surface area contributed by atoms with Crippen LogP contribution in [0.3, 0.4) is 0 Å². The number of carbonyl (C=O) groups is 2. The Kier molecular flexibility index (Phi) is 3.89. The maximum absolute atomic E-state index is 12.6. The molecule has 23 heavy (non-hydrogen) atoms. The number of carbonyl (C=O) groups excluding carboxylic acids is 2. The van der Waals surface area contributed by atoms with E-state index in [1.54, 1.807) is 19.1 Å². The first-order chi connectivity index (χ1) is 11.0. The molecule has 3 amide bonds. The van der Waals surface area contributed by atoms with Gasteiger partial charge in [-0.3, -0.25) is 9.69 Å². The second-order valence-corrected chi connectivity index (χ2v) is 5.63. The van der Waals surface area contributed by atoms with Crippen molar-refractivity contribution in [3.63, 3.8) is 0 Å². The average molecular weight is 318 g/mol. The van der Waals surface area contributed by atoms with Gasteiger partial charge in [-0.05, 0) is 25.5 Å². The van der Waals surface area contributed by atoms with Crippen molar-refractivity contribution in [2.24, 2.45) is 0 Å². The van der Waals surface area contributed by atoms with Crippen molar-refractivity contribution in [2.45, 2.75) is 45.2 Å². The molecular weight excluding hydrogens is 300 g/mol. The summed E-state index contributed by atoms with van der Waals surface area (Å²) < 4.78 is 10.4. The largest absolute Gasteiger partial charge is 0.466 e. The van der Waals surface area contributed by atoms with Crippen LogP contribution in [0.2, 0.25) is 0 Å². The number of hydrogen-bond donors (Lipinski definition) is 1. The molecule has 1 N–H and O–H groups in total. The number of nitrogens with one attached hydrogen (secondary N) is 1. The van der Waals surface area contributed by atoms with Gasteiger partial charge in [0, 0.05) is 6.42 Å². The molecule has 1 atom stereocenters. The van der Waals surface area contributed by atoms with Crippen LogP contribution in [0.15, 0.2) is 27.3 Å². The average Bonchev–Trinajstić information content (AvgIpc) is 3.24. The number of rotatable bonds is 6. The first-order valence-corrected chi connectivity index (χ1v) is 7.54. The molecular formula is C15H18N4O4. The van der Waals surface area contributed by atoms with Crippen LogP contribution in [0.25, 0.3) is 0 Å². The van der Waals surface area contributed by atoms with Gasteiger partial charge in [0.25, 0.3) is 5.91 Å². The topological polar surface area (TPSA) is 101 Å². The molecule has 2 aromatic heterocycles. The molecule has 2 aromatic rings. The first-order valence-electron chi connectivity index (χ1n) is 7.54. The van der Waals surface area contributed by atoms with Crippen LogP contribution in [0.5, 0.6) is 0 Å². The summed E-state index contributed by atoms with van der Waals surface area (Å²) in [6.45, 7) is 3.62. The summed E-state index contributed by atoms with van der Waals surface area (Å²) in [4.78, 5) is 30.0. The zero-order valence-corrected chi connectivity index (χ0v) is 13.0. The van der Waals surface area contributed by atoms with E-state index in [2.05, 4.69) is 22.4 Å². The van der Waals surface area contributed by atoms with Crippen molar-refractivity contribution < 1.29 is 18.5 Å². The third-order valence-electron chi connectivity index (χ3n) is 3.85. The Morgan fingerprint density at radius 2 is 2.22 bits per heavy atom. The number of aromatic nitrogens is 2. The molecule has 1 aliphatic heterocycles. The zero-order valence-electron chi connectivity index (χ0n) is 13.0. The lowest BCUT2D eigenvalue weighted by molar-refractivity contribution is -0.132. The molecule has 122 valence electrons. The number of aryl methyl sites for hydroxylation is 1. The van der Waals surface area contributed by atoms with Crippen molar-refractivity contribution in [3.05, 3.63) is 35.9 Å². The van der Waals surface area contributed by atoms with E-state index in [0.717, 1.165) is 17.7 Å². The Morgan fingerprint density at radius 3 is 2.91 bits per heavy atom. The first kappa shape index (κ1) is 15.3. The van der Waals surface area contributed by atoms with Gasteiger partial charge in [0.05, 0.1) is 6.26 Å². The Hall–Kier alpha value is -2.64. The Bertz CT molecular complexity index is 709. The lowest BCUT2D eigenvalue weighted by Gasteiger charge is -2.18. The van der Waals surface area contributed by atoms with Gasteiger partial charge in [-0.2, -0.15) is 4.98 Å². The maximum Gasteiger partial charge on any atom is 0.325 e. The van der Waals surface area contributed by atoms with E-state index in [1.165, 1.54) is 6.26 Å². The predicted octanol–water partition coefficient (Wildman–Crippen LogP) is 1.97. The van der Waals surface area contributed by atoms with Gasteiger partial charge in [-0.15, -0.1) is 0 Å². The molecule has 8 nitrogen and oxygen atoms in total. The molecule has 1 aliphatic rings. The fourth-order valence-electron chi connectivity index (χ4n) is 2.50. The third-order valence-corrected chi connectivity index (χ3v) is 3.85. The van der Waals surface area contributed by atoms with E-state index in [9.17, 15) is 9.59 Å². The molecule has 0 aliphatic carbocycles. The predicted molar refractivity (Wildman–Crippen MR) is 78.1 cm³/mol. The Morgan fingerprint density at radius 1 is 1.39 bits per heavy atom. The van der Waals surface area contributed by atoms with Crippen molar-refractivity contribution in [1.82, 2.24) is 20.4 Å². The second kappa shape index (κ2) is 5.86. The maximum atomic E-state index is 12.6. The minimum Gasteiger partial charge on any atom is -0.466 e. The molecule has 0 bridgehead atoms. The summed E-state index contributed by atoms with van der Waals surface area (Å²) in [5.41, 5.74) is -1.22. The molecule has 1 saturated heterocycles. The zero-order chi connectivity index (χ0) is 16.4. The van der Waals surface area contributed by atoms with Gasteiger partial charge in [0.2, 0.25) is 5.89 Å². The number of nitrogens with zero attached hydrogens (tertiary/aromatic N) is 3.